The number of piperazine rings is 1. The topological polar surface area (TPSA) is 49.6 Å². The number of para-hydroxylation sites is 1. The Labute approximate surface area is 100 Å². The molecule has 0 spiro atoms. The average molecular weight is 233 g/mol. The van der Waals surface area contributed by atoms with Crippen LogP contribution in [0.5, 0.6) is 0 Å². The fourth-order valence-corrected chi connectivity index (χ4v) is 1.92. The van der Waals surface area contributed by atoms with E-state index in [1.54, 1.807) is 6.20 Å². The Balaban J connectivity index is 1.88. The number of benzene rings is 1. The number of hydrogen-bond donors (Lipinski definition) is 0. The molecule has 1 heterocycles. The molecule has 0 saturated carbocycles. The van der Waals surface area contributed by atoms with Gasteiger partial charge in [-0.25, -0.2) is 0 Å². The quantitative estimate of drug-likeness (QED) is 0.587. The molecule has 0 aliphatic carbocycles. The van der Waals surface area contributed by atoms with Gasteiger partial charge in [0, 0.05) is 31.9 Å². The molecule has 17 heavy (non-hydrogen) atoms. The van der Waals surface area contributed by atoms with Gasteiger partial charge in [0.05, 0.1) is 11.1 Å². The van der Waals surface area contributed by atoms with Crippen LogP contribution in [0.4, 0.5) is 5.69 Å². The third-order valence-electron chi connectivity index (χ3n) is 2.83. The standard InChI is InChI=1S/C12H15N3O2/c16-15(17)11-8-13-6-9-14(10-7-13)12-4-2-1-3-5-12/h1-5,8,11H,6-7,9-10H2/b11-8+. The smallest absolute Gasteiger partial charge is 0.250 e. The molecule has 90 valence electrons. The molecule has 0 aromatic heterocycles. The van der Waals surface area contributed by atoms with E-state index >= 15 is 0 Å². The molecule has 0 unspecified atom stereocenters. The predicted molar refractivity (Wildman–Crippen MR) is 66.4 cm³/mol. The van der Waals surface area contributed by atoms with E-state index in [0.717, 1.165) is 32.4 Å². The summed E-state index contributed by atoms with van der Waals surface area (Å²) < 4.78 is 0. The van der Waals surface area contributed by atoms with Crippen molar-refractivity contribution in [3.8, 4) is 0 Å². The van der Waals surface area contributed by atoms with Crippen LogP contribution in [0.2, 0.25) is 0 Å². The molecular formula is C12H15N3O2. The summed E-state index contributed by atoms with van der Waals surface area (Å²) >= 11 is 0. The van der Waals surface area contributed by atoms with Crippen LogP contribution in [-0.4, -0.2) is 36.0 Å². The van der Waals surface area contributed by atoms with Gasteiger partial charge in [-0.1, -0.05) is 18.2 Å². The fraction of sp³-hybridized carbons (Fsp3) is 0.333. The van der Waals surface area contributed by atoms with Gasteiger partial charge in [-0.15, -0.1) is 0 Å². The van der Waals surface area contributed by atoms with Gasteiger partial charge in [-0.05, 0) is 12.1 Å². The van der Waals surface area contributed by atoms with E-state index in [-0.39, 0.29) is 0 Å². The molecule has 1 aliphatic rings. The average Bonchev–Trinajstić information content (AvgIpc) is 2.38. The minimum atomic E-state index is -0.427. The first-order valence-corrected chi connectivity index (χ1v) is 5.61. The molecule has 5 nitrogen and oxygen atoms in total. The Kier molecular flexibility index (Phi) is 3.59. The molecule has 1 aromatic rings. The largest absolute Gasteiger partial charge is 0.369 e. The lowest BCUT2D eigenvalue weighted by Gasteiger charge is -2.35. The molecule has 1 saturated heterocycles. The summed E-state index contributed by atoms with van der Waals surface area (Å²) in [6, 6.07) is 10.2. The van der Waals surface area contributed by atoms with Gasteiger partial charge >= 0.3 is 0 Å². The monoisotopic (exact) mass is 233 g/mol. The number of nitrogens with zero attached hydrogens (tertiary/aromatic N) is 3. The van der Waals surface area contributed by atoms with Gasteiger partial charge in [0.2, 0.25) is 6.20 Å². The lowest BCUT2D eigenvalue weighted by molar-refractivity contribution is -0.403. The van der Waals surface area contributed by atoms with Crippen LogP contribution < -0.4 is 4.90 Å². The summed E-state index contributed by atoms with van der Waals surface area (Å²) in [5, 5.41) is 10.2. The zero-order chi connectivity index (χ0) is 12.1. The van der Waals surface area contributed by atoms with Gasteiger partial charge < -0.3 is 9.80 Å². The summed E-state index contributed by atoms with van der Waals surface area (Å²) in [7, 11) is 0. The second-order valence-electron chi connectivity index (χ2n) is 3.94. The maximum Gasteiger partial charge on any atom is 0.250 e. The summed E-state index contributed by atoms with van der Waals surface area (Å²) in [6.45, 7) is 3.43. The van der Waals surface area contributed by atoms with Crippen molar-refractivity contribution in [3.63, 3.8) is 0 Å². The van der Waals surface area contributed by atoms with Crippen LogP contribution in [0.1, 0.15) is 0 Å². The van der Waals surface area contributed by atoms with Crippen molar-refractivity contribution < 1.29 is 4.92 Å². The van der Waals surface area contributed by atoms with Crippen molar-refractivity contribution in [3.05, 3.63) is 52.8 Å². The zero-order valence-electron chi connectivity index (χ0n) is 9.53. The van der Waals surface area contributed by atoms with Crippen LogP contribution in [-0.2, 0) is 0 Å². The van der Waals surface area contributed by atoms with Gasteiger partial charge in [0.1, 0.15) is 0 Å². The number of anilines is 1. The Morgan fingerprint density at radius 3 is 2.35 bits per heavy atom. The molecule has 0 radical (unpaired) electrons. The molecule has 0 amide bonds. The number of rotatable bonds is 3. The van der Waals surface area contributed by atoms with Crippen molar-refractivity contribution in [1.82, 2.24) is 4.90 Å². The minimum Gasteiger partial charge on any atom is -0.369 e. The first-order valence-electron chi connectivity index (χ1n) is 5.61. The first kappa shape index (κ1) is 11.4. The highest BCUT2D eigenvalue weighted by Gasteiger charge is 2.14. The Bertz CT molecular complexity index is 397. The molecule has 1 fully saturated rings. The maximum atomic E-state index is 10.2. The van der Waals surface area contributed by atoms with Crippen molar-refractivity contribution in [2.45, 2.75) is 0 Å². The minimum absolute atomic E-state index is 0.427. The Morgan fingerprint density at radius 1 is 1.12 bits per heavy atom. The van der Waals surface area contributed by atoms with E-state index in [4.69, 9.17) is 0 Å². The van der Waals surface area contributed by atoms with Crippen LogP contribution in [0.25, 0.3) is 0 Å². The van der Waals surface area contributed by atoms with E-state index in [2.05, 4.69) is 17.0 Å². The van der Waals surface area contributed by atoms with Gasteiger partial charge in [-0.2, -0.15) is 0 Å². The summed E-state index contributed by atoms with van der Waals surface area (Å²) in [5.41, 5.74) is 1.21. The normalized spacial score (nSPS) is 16.5. The van der Waals surface area contributed by atoms with Crippen molar-refractivity contribution >= 4 is 5.69 Å². The van der Waals surface area contributed by atoms with Crippen LogP contribution >= 0.6 is 0 Å². The SMILES string of the molecule is O=[N+]([O-])/C=C/N1CCN(c2ccccc2)CC1. The molecule has 0 N–H and O–H groups in total. The molecular weight excluding hydrogens is 218 g/mol. The van der Waals surface area contributed by atoms with E-state index in [1.807, 2.05) is 23.1 Å². The number of hydrogen-bond acceptors (Lipinski definition) is 4. The molecule has 1 aromatic carbocycles. The summed E-state index contributed by atoms with van der Waals surface area (Å²) in [5.74, 6) is 0. The van der Waals surface area contributed by atoms with E-state index in [1.165, 1.54) is 5.69 Å². The Hall–Kier alpha value is -2.04. The molecule has 2 rings (SSSR count). The highest BCUT2D eigenvalue weighted by atomic mass is 16.6. The Morgan fingerprint density at radius 2 is 1.76 bits per heavy atom. The zero-order valence-corrected chi connectivity index (χ0v) is 9.53. The second kappa shape index (κ2) is 5.34. The van der Waals surface area contributed by atoms with Gasteiger partial charge in [0.15, 0.2) is 0 Å². The van der Waals surface area contributed by atoms with Crippen molar-refractivity contribution in [2.24, 2.45) is 0 Å². The van der Waals surface area contributed by atoms with Crippen molar-refractivity contribution in [1.29, 1.82) is 0 Å². The molecule has 0 bridgehead atoms. The highest BCUT2D eigenvalue weighted by molar-refractivity contribution is 5.46. The maximum absolute atomic E-state index is 10.2. The van der Waals surface area contributed by atoms with Crippen molar-refractivity contribution in [2.75, 3.05) is 31.1 Å². The lowest BCUT2D eigenvalue weighted by Crippen LogP contribution is -2.44. The van der Waals surface area contributed by atoms with Crippen LogP contribution in [0.15, 0.2) is 42.7 Å². The van der Waals surface area contributed by atoms with E-state index < -0.39 is 4.92 Å². The fourth-order valence-electron chi connectivity index (χ4n) is 1.92. The van der Waals surface area contributed by atoms with E-state index in [9.17, 15) is 10.1 Å². The second-order valence-corrected chi connectivity index (χ2v) is 3.94. The highest BCUT2D eigenvalue weighted by Crippen LogP contribution is 2.15. The van der Waals surface area contributed by atoms with Crippen LogP contribution in [0.3, 0.4) is 0 Å². The van der Waals surface area contributed by atoms with Gasteiger partial charge in [0.25, 0.3) is 0 Å². The lowest BCUT2D eigenvalue weighted by atomic mass is 10.2. The first-order chi connectivity index (χ1) is 8.25. The third-order valence-corrected chi connectivity index (χ3v) is 2.83. The third kappa shape index (κ3) is 3.21. The summed E-state index contributed by atoms with van der Waals surface area (Å²) in [6.07, 6.45) is 2.56. The van der Waals surface area contributed by atoms with E-state index in [0.29, 0.717) is 0 Å². The van der Waals surface area contributed by atoms with Gasteiger partial charge in [-0.3, -0.25) is 10.1 Å². The number of nitro groups is 1. The molecule has 0 atom stereocenters. The summed E-state index contributed by atoms with van der Waals surface area (Å²) in [4.78, 5) is 14.0. The molecule has 5 heteroatoms. The van der Waals surface area contributed by atoms with Crippen LogP contribution in [0, 0.1) is 10.1 Å². The predicted octanol–water partition coefficient (Wildman–Crippen LogP) is 1.56. The molecule has 1 aliphatic heterocycles.